The van der Waals surface area contributed by atoms with Crippen LogP contribution >= 0.6 is 22.6 Å². The summed E-state index contributed by atoms with van der Waals surface area (Å²) < 4.78 is 2.33. The highest BCUT2D eigenvalue weighted by Crippen LogP contribution is 1.98. The smallest absolute Gasteiger partial charge is 0.266 e. The Balaban J connectivity index is 3.10. The lowest BCUT2D eigenvalue weighted by atomic mass is 10.4. The second-order valence-electron chi connectivity index (χ2n) is 2.69. The summed E-state index contributed by atoms with van der Waals surface area (Å²) in [6, 6.07) is 0. The second-order valence-corrected chi connectivity index (χ2v) is 3.85. The summed E-state index contributed by atoms with van der Waals surface area (Å²) in [6.45, 7) is 6.12. The molecule has 1 aromatic rings. The summed E-state index contributed by atoms with van der Waals surface area (Å²) in [4.78, 5) is 15.7. The maximum absolute atomic E-state index is 11.6. The van der Waals surface area contributed by atoms with Crippen molar-refractivity contribution in [1.82, 2.24) is 9.55 Å². The van der Waals surface area contributed by atoms with Crippen molar-refractivity contribution in [3.63, 3.8) is 0 Å². The van der Waals surface area contributed by atoms with Crippen LogP contribution in [0.2, 0.25) is 0 Å². The summed E-state index contributed by atoms with van der Waals surface area (Å²) >= 11 is 2.00. The third-order valence-corrected chi connectivity index (χ3v) is 2.50. The zero-order valence-electron chi connectivity index (χ0n) is 7.46. The number of nitrogens with zero attached hydrogens (tertiary/aromatic N) is 2. The molecular weight excluding hydrogens is 279 g/mol. The standard InChI is InChI=1S/C9H11IN2O/c1-3-4-5-12-7(2)11-6-8(10)9(12)13/h3,6H,1,4-5H2,2H3. The first kappa shape index (κ1) is 10.4. The van der Waals surface area contributed by atoms with Gasteiger partial charge in [0.1, 0.15) is 5.82 Å². The number of aryl methyl sites for hydroxylation is 1. The van der Waals surface area contributed by atoms with Crippen molar-refractivity contribution in [1.29, 1.82) is 0 Å². The van der Waals surface area contributed by atoms with E-state index in [9.17, 15) is 4.79 Å². The Morgan fingerprint density at radius 3 is 3.08 bits per heavy atom. The maximum atomic E-state index is 11.6. The molecule has 1 aromatic heterocycles. The molecule has 0 saturated heterocycles. The normalized spacial score (nSPS) is 10.0. The van der Waals surface area contributed by atoms with Gasteiger partial charge in [0.15, 0.2) is 0 Å². The van der Waals surface area contributed by atoms with Gasteiger partial charge in [0.2, 0.25) is 0 Å². The van der Waals surface area contributed by atoms with E-state index in [1.165, 1.54) is 0 Å². The molecule has 0 amide bonds. The first-order chi connectivity index (χ1) is 6.16. The Hall–Kier alpha value is -0.650. The van der Waals surface area contributed by atoms with Gasteiger partial charge in [0.05, 0.1) is 3.57 Å². The van der Waals surface area contributed by atoms with E-state index in [-0.39, 0.29) is 5.56 Å². The van der Waals surface area contributed by atoms with Gasteiger partial charge >= 0.3 is 0 Å². The van der Waals surface area contributed by atoms with Crippen LogP contribution in [-0.4, -0.2) is 9.55 Å². The molecule has 0 atom stereocenters. The summed E-state index contributed by atoms with van der Waals surface area (Å²) in [6.07, 6.45) is 4.19. The van der Waals surface area contributed by atoms with E-state index in [2.05, 4.69) is 11.6 Å². The van der Waals surface area contributed by atoms with Crippen LogP contribution in [0.5, 0.6) is 0 Å². The predicted octanol–water partition coefficient (Wildman–Crippen LogP) is 1.73. The van der Waals surface area contributed by atoms with Gasteiger partial charge in [-0.25, -0.2) is 4.98 Å². The molecule has 1 heterocycles. The molecule has 13 heavy (non-hydrogen) atoms. The number of aromatic nitrogens is 2. The number of hydrogen-bond donors (Lipinski definition) is 0. The Bertz CT molecular complexity index is 370. The fourth-order valence-corrected chi connectivity index (χ4v) is 1.47. The SMILES string of the molecule is C=CCCn1c(C)ncc(I)c1=O. The lowest BCUT2D eigenvalue weighted by molar-refractivity contribution is 0.635. The molecule has 0 radical (unpaired) electrons. The summed E-state index contributed by atoms with van der Waals surface area (Å²) in [7, 11) is 0. The van der Waals surface area contributed by atoms with Gasteiger partial charge in [-0.05, 0) is 35.9 Å². The van der Waals surface area contributed by atoms with E-state index in [0.717, 1.165) is 12.2 Å². The molecule has 0 unspecified atom stereocenters. The Kier molecular flexibility index (Phi) is 3.65. The molecule has 0 spiro atoms. The van der Waals surface area contributed by atoms with Crippen LogP contribution in [0.15, 0.2) is 23.6 Å². The second kappa shape index (κ2) is 4.55. The molecule has 0 saturated carbocycles. The predicted molar refractivity (Wildman–Crippen MR) is 60.8 cm³/mol. The van der Waals surface area contributed by atoms with Crippen molar-refractivity contribution >= 4 is 22.6 Å². The third kappa shape index (κ3) is 2.40. The fraction of sp³-hybridized carbons (Fsp3) is 0.333. The lowest BCUT2D eigenvalue weighted by Crippen LogP contribution is -2.25. The van der Waals surface area contributed by atoms with E-state index < -0.39 is 0 Å². The summed E-state index contributed by atoms with van der Waals surface area (Å²) in [5.74, 6) is 0.757. The quantitative estimate of drug-likeness (QED) is 0.627. The van der Waals surface area contributed by atoms with Crippen molar-refractivity contribution in [2.45, 2.75) is 19.9 Å². The Morgan fingerprint density at radius 1 is 1.77 bits per heavy atom. The average molecular weight is 290 g/mol. The summed E-state index contributed by atoms with van der Waals surface area (Å²) in [5.41, 5.74) is 0.0370. The van der Waals surface area contributed by atoms with Gasteiger partial charge in [0.25, 0.3) is 5.56 Å². The van der Waals surface area contributed by atoms with Gasteiger partial charge < -0.3 is 0 Å². The number of hydrogen-bond acceptors (Lipinski definition) is 2. The topological polar surface area (TPSA) is 34.9 Å². The lowest BCUT2D eigenvalue weighted by Gasteiger charge is -2.06. The van der Waals surface area contributed by atoms with Crippen LogP contribution in [0.25, 0.3) is 0 Å². The molecular formula is C9H11IN2O. The van der Waals surface area contributed by atoms with Crippen LogP contribution in [0.3, 0.4) is 0 Å². The molecule has 0 aliphatic heterocycles. The highest BCUT2D eigenvalue weighted by atomic mass is 127. The number of rotatable bonds is 3. The maximum Gasteiger partial charge on any atom is 0.266 e. The molecule has 0 fully saturated rings. The number of halogens is 1. The fourth-order valence-electron chi connectivity index (χ4n) is 1.03. The van der Waals surface area contributed by atoms with E-state index in [1.807, 2.05) is 29.5 Å². The Labute approximate surface area is 90.6 Å². The first-order valence-corrected chi connectivity index (χ1v) is 5.07. The van der Waals surface area contributed by atoms with Crippen molar-refractivity contribution in [3.05, 3.63) is 38.6 Å². The van der Waals surface area contributed by atoms with Crippen molar-refractivity contribution in [3.8, 4) is 0 Å². The minimum absolute atomic E-state index is 0.0370. The van der Waals surface area contributed by atoms with Gasteiger partial charge in [-0.15, -0.1) is 6.58 Å². The molecule has 0 N–H and O–H groups in total. The van der Waals surface area contributed by atoms with E-state index >= 15 is 0 Å². The largest absolute Gasteiger partial charge is 0.296 e. The molecule has 1 rings (SSSR count). The average Bonchev–Trinajstić information content (AvgIpc) is 2.12. The molecule has 0 aromatic carbocycles. The van der Waals surface area contributed by atoms with Crippen LogP contribution in [0, 0.1) is 10.5 Å². The van der Waals surface area contributed by atoms with E-state index in [1.54, 1.807) is 16.8 Å². The van der Waals surface area contributed by atoms with Crippen molar-refractivity contribution < 1.29 is 0 Å². The van der Waals surface area contributed by atoms with Gasteiger partial charge in [-0.2, -0.15) is 0 Å². The van der Waals surface area contributed by atoms with Crippen LogP contribution in [-0.2, 0) is 6.54 Å². The first-order valence-electron chi connectivity index (χ1n) is 3.99. The van der Waals surface area contributed by atoms with Gasteiger partial charge in [0, 0.05) is 12.7 Å². The minimum Gasteiger partial charge on any atom is -0.296 e. The zero-order chi connectivity index (χ0) is 9.84. The molecule has 0 aliphatic rings. The molecule has 4 heteroatoms. The van der Waals surface area contributed by atoms with Gasteiger partial charge in [-0.3, -0.25) is 9.36 Å². The van der Waals surface area contributed by atoms with Crippen molar-refractivity contribution in [2.24, 2.45) is 0 Å². The van der Waals surface area contributed by atoms with E-state index in [4.69, 9.17) is 0 Å². The number of allylic oxidation sites excluding steroid dienone is 1. The van der Waals surface area contributed by atoms with Crippen molar-refractivity contribution in [2.75, 3.05) is 0 Å². The van der Waals surface area contributed by atoms with Gasteiger partial charge in [-0.1, -0.05) is 6.08 Å². The van der Waals surface area contributed by atoms with Crippen LogP contribution in [0.4, 0.5) is 0 Å². The molecule has 3 nitrogen and oxygen atoms in total. The van der Waals surface area contributed by atoms with E-state index in [0.29, 0.717) is 10.1 Å². The van der Waals surface area contributed by atoms with Crippen LogP contribution < -0.4 is 5.56 Å². The molecule has 0 bridgehead atoms. The minimum atomic E-state index is 0.0370. The highest BCUT2D eigenvalue weighted by Gasteiger charge is 2.03. The van der Waals surface area contributed by atoms with Crippen LogP contribution in [0.1, 0.15) is 12.2 Å². The third-order valence-electron chi connectivity index (χ3n) is 1.76. The highest BCUT2D eigenvalue weighted by molar-refractivity contribution is 14.1. The Morgan fingerprint density at radius 2 is 2.46 bits per heavy atom. The zero-order valence-corrected chi connectivity index (χ0v) is 9.61. The summed E-state index contributed by atoms with van der Waals surface area (Å²) in [5, 5.41) is 0. The molecule has 70 valence electrons. The molecule has 0 aliphatic carbocycles. The monoisotopic (exact) mass is 290 g/mol.